The molecule has 0 bridgehead atoms. The van der Waals surface area contributed by atoms with Crippen LogP contribution in [0.3, 0.4) is 0 Å². The zero-order valence-corrected chi connectivity index (χ0v) is 12.7. The molecule has 0 atom stereocenters. The fourth-order valence-electron chi connectivity index (χ4n) is 2.42. The predicted octanol–water partition coefficient (Wildman–Crippen LogP) is 2.45. The number of fused-ring (bicyclic) bond motifs is 1. The van der Waals surface area contributed by atoms with Crippen LogP contribution in [0, 0.1) is 6.92 Å². The van der Waals surface area contributed by atoms with Crippen molar-refractivity contribution in [2.24, 2.45) is 0 Å². The molecular weight excluding hydrogens is 312 g/mol. The average Bonchev–Trinajstić information content (AvgIpc) is 2.56. The molecule has 24 heavy (non-hydrogen) atoms. The Labute approximate surface area is 136 Å². The van der Waals surface area contributed by atoms with Crippen molar-refractivity contribution < 1.29 is 24.2 Å². The van der Waals surface area contributed by atoms with Crippen LogP contribution >= 0.6 is 0 Å². The summed E-state index contributed by atoms with van der Waals surface area (Å²) in [6, 6.07) is 11.8. The maximum atomic E-state index is 12.0. The normalized spacial score (nSPS) is 10.7. The summed E-state index contributed by atoms with van der Waals surface area (Å²) in [5.74, 6) is -1.85. The molecule has 0 aliphatic carbocycles. The van der Waals surface area contributed by atoms with E-state index in [2.05, 4.69) is 0 Å². The minimum Gasteiger partial charge on any atom is -0.872 e. The number of carboxylic acids is 1. The Morgan fingerprint density at radius 3 is 2.58 bits per heavy atom. The second-order valence-corrected chi connectivity index (χ2v) is 5.24. The number of hydrogen-bond donors (Lipinski definition) is 1. The van der Waals surface area contributed by atoms with E-state index in [1.165, 1.54) is 19.1 Å². The van der Waals surface area contributed by atoms with Crippen LogP contribution in [0.4, 0.5) is 0 Å². The van der Waals surface area contributed by atoms with Gasteiger partial charge in [0.1, 0.15) is 12.2 Å². The standard InChI is InChI=1S/C18H14O6/c1-10-13(19)8-7-12-15(10)24-18(22)14(17(20)21)16(12)23-9-11-5-3-2-4-6-11/h2-8,19H,9H2,1H3,(H,20,21)/p-1. The van der Waals surface area contributed by atoms with Crippen molar-refractivity contribution in [3.63, 3.8) is 0 Å². The van der Waals surface area contributed by atoms with Gasteiger partial charge in [0.25, 0.3) is 0 Å². The van der Waals surface area contributed by atoms with Crippen LogP contribution in [0.1, 0.15) is 21.5 Å². The summed E-state index contributed by atoms with van der Waals surface area (Å²) < 4.78 is 10.7. The molecule has 0 radical (unpaired) electrons. The van der Waals surface area contributed by atoms with Gasteiger partial charge in [0.05, 0.1) is 5.39 Å². The summed E-state index contributed by atoms with van der Waals surface area (Å²) in [6.07, 6.45) is 0. The molecule has 0 saturated carbocycles. The fourth-order valence-corrected chi connectivity index (χ4v) is 2.42. The lowest BCUT2D eigenvalue weighted by atomic mass is 10.1. The Morgan fingerprint density at radius 1 is 1.21 bits per heavy atom. The van der Waals surface area contributed by atoms with Gasteiger partial charge >= 0.3 is 11.6 Å². The molecule has 2 aromatic carbocycles. The molecule has 0 fully saturated rings. The number of hydrogen-bond acceptors (Lipinski definition) is 5. The van der Waals surface area contributed by atoms with Crippen molar-refractivity contribution in [1.29, 1.82) is 0 Å². The molecule has 0 aliphatic heterocycles. The summed E-state index contributed by atoms with van der Waals surface area (Å²) in [4.78, 5) is 23.5. The van der Waals surface area contributed by atoms with Gasteiger partial charge in [-0.3, -0.25) is 0 Å². The first-order valence-electron chi connectivity index (χ1n) is 7.16. The van der Waals surface area contributed by atoms with Crippen LogP contribution in [0.2, 0.25) is 0 Å². The topological polar surface area (TPSA) is 99.8 Å². The molecule has 0 saturated heterocycles. The fraction of sp³-hybridized carbons (Fsp3) is 0.111. The van der Waals surface area contributed by atoms with Gasteiger partial charge in [-0.05, 0) is 24.1 Å². The van der Waals surface area contributed by atoms with Crippen molar-refractivity contribution >= 4 is 16.9 Å². The Balaban J connectivity index is 2.19. The molecular formula is C18H13O6-. The highest BCUT2D eigenvalue weighted by Crippen LogP contribution is 2.33. The van der Waals surface area contributed by atoms with Gasteiger partial charge in [0.15, 0.2) is 11.3 Å². The maximum Gasteiger partial charge on any atom is 0.354 e. The van der Waals surface area contributed by atoms with Crippen LogP contribution in [0.5, 0.6) is 11.5 Å². The largest absolute Gasteiger partial charge is 0.872 e. The molecule has 6 heteroatoms. The smallest absolute Gasteiger partial charge is 0.354 e. The molecule has 0 spiro atoms. The van der Waals surface area contributed by atoms with Gasteiger partial charge < -0.3 is 19.4 Å². The molecule has 3 rings (SSSR count). The highest BCUT2D eigenvalue weighted by molar-refractivity contribution is 5.98. The second-order valence-electron chi connectivity index (χ2n) is 5.24. The van der Waals surface area contributed by atoms with E-state index in [4.69, 9.17) is 9.15 Å². The first-order valence-corrected chi connectivity index (χ1v) is 7.16. The lowest BCUT2D eigenvalue weighted by Crippen LogP contribution is -2.17. The van der Waals surface area contributed by atoms with Crippen LogP contribution in [-0.4, -0.2) is 11.1 Å². The summed E-state index contributed by atoms with van der Waals surface area (Å²) in [5.41, 5.74) is -0.553. The van der Waals surface area contributed by atoms with Crippen molar-refractivity contribution in [1.82, 2.24) is 0 Å². The quantitative estimate of drug-likeness (QED) is 0.740. The van der Waals surface area contributed by atoms with Gasteiger partial charge in [-0.1, -0.05) is 36.4 Å². The monoisotopic (exact) mass is 325 g/mol. The zero-order chi connectivity index (χ0) is 17.3. The lowest BCUT2D eigenvalue weighted by Gasteiger charge is -2.15. The van der Waals surface area contributed by atoms with Gasteiger partial charge in [-0.2, -0.15) is 0 Å². The highest BCUT2D eigenvalue weighted by Gasteiger charge is 2.23. The van der Waals surface area contributed by atoms with Crippen molar-refractivity contribution in [3.8, 4) is 11.5 Å². The van der Waals surface area contributed by atoms with Gasteiger partial charge in [0, 0.05) is 0 Å². The third-order valence-electron chi connectivity index (χ3n) is 3.67. The SMILES string of the molecule is Cc1c([O-])ccc2c(OCc3ccccc3)c(C(=O)O)c(=O)oc12. The molecule has 3 aromatic rings. The van der Waals surface area contributed by atoms with Gasteiger partial charge in [-0.15, -0.1) is 5.75 Å². The molecule has 0 unspecified atom stereocenters. The number of carbonyl (C=O) groups is 1. The number of aromatic carboxylic acids is 1. The lowest BCUT2D eigenvalue weighted by molar-refractivity contribution is -0.269. The minimum absolute atomic E-state index is 0.0422. The Bertz CT molecular complexity index is 972. The zero-order valence-electron chi connectivity index (χ0n) is 12.7. The first kappa shape index (κ1) is 15.6. The van der Waals surface area contributed by atoms with Crippen molar-refractivity contribution in [3.05, 3.63) is 69.6 Å². The number of ether oxygens (including phenoxy) is 1. The molecule has 6 nitrogen and oxygen atoms in total. The van der Waals surface area contributed by atoms with E-state index in [0.29, 0.717) is 0 Å². The third kappa shape index (κ3) is 2.69. The third-order valence-corrected chi connectivity index (χ3v) is 3.67. The molecule has 122 valence electrons. The van der Waals surface area contributed by atoms with Crippen LogP contribution < -0.4 is 15.5 Å². The number of carboxylic acid groups (broad SMARTS) is 1. The molecule has 1 N–H and O–H groups in total. The van der Waals surface area contributed by atoms with Crippen LogP contribution in [0.25, 0.3) is 11.0 Å². The van der Waals surface area contributed by atoms with E-state index in [9.17, 15) is 19.8 Å². The average molecular weight is 325 g/mol. The summed E-state index contributed by atoms with van der Waals surface area (Å²) >= 11 is 0. The summed E-state index contributed by atoms with van der Waals surface area (Å²) in [5, 5.41) is 21.3. The van der Waals surface area contributed by atoms with Crippen molar-refractivity contribution in [2.75, 3.05) is 0 Å². The Morgan fingerprint density at radius 2 is 1.92 bits per heavy atom. The van der Waals surface area contributed by atoms with Gasteiger partial charge in [0.2, 0.25) is 0 Å². The molecule has 1 heterocycles. The highest BCUT2D eigenvalue weighted by atomic mass is 16.5. The van der Waals surface area contributed by atoms with Crippen LogP contribution in [0.15, 0.2) is 51.7 Å². The maximum absolute atomic E-state index is 12.0. The number of rotatable bonds is 4. The number of aryl methyl sites for hydroxylation is 1. The van der Waals surface area contributed by atoms with E-state index < -0.39 is 17.2 Å². The Kier molecular flexibility index (Phi) is 3.95. The van der Waals surface area contributed by atoms with Crippen molar-refractivity contribution in [2.45, 2.75) is 13.5 Å². The summed E-state index contributed by atoms with van der Waals surface area (Å²) in [7, 11) is 0. The predicted molar refractivity (Wildman–Crippen MR) is 84.4 cm³/mol. The van der Waals surface area contributed by atoms with E-state index >= 15 is 0 Å². The van der Waals surface area contributed by atoms with Gasteiger partial charge in [-0.25, -0.2) is 9.59 Å². The molecule has 0 amide bonds. The molecule has 1 aromatic heterocycles. The van der Waals surface area contributed by atoms with E-state index in [1.54, 1.807) is 0 Å². The van der Waals surface area contributed by atoms with E-state index in [1.807, 2.05) is 30.3 Å². The number of benzene rings is 2. The van der Waals surface area contributed by atoms with Crippen LogP contribution in [-0.2, 0) is 6.61 Å². The molecule has 0 aliphatic rings. The van der Waals surface area contributed by atoms with E-state index in [-0.39, 0.29) is 34.6 Å². The van der Waals surface area contributed by atoms with E-state index in [0.717, 1.165) is 5.56 Å². The Hall–Kier alpha value is -3.28. The summed E-state index contributed by atoms with van der Waals surface area (Å²) in [6.45, 7) is 1.59. The first-order chi connectivity index (χ1) is 11.5. The minimum atomic E-state index is -1.45. The second kappa shape index (κ2) is 6.08.